The number of nitrogens with zero attached hydrogens (tertiary/aromatic N) is 1. The van der Waals surface area contributed by atoms with Crippen LogP contribution in [0.2, 0.25) is 0 Å². The fourth-order valence-electron chi connectivity index (χ4n) is 1.74. The minimum atomic E-state index is -0.742. The third-order valence-electron chi connectivity index (χ3n) is 3.14. The number of pyridine rings is 1. The Labute approximate surface area is 120 Å². The summed E-state index contributed by atoms with van der Waals surface area (Å²) in [6, 6.07) is 7.88. The molecule has 2 rings (SSSR count). The number of aromatic nitrogens is 1. The first kappa shape index (κ1) is 14.0. The van der Waals surface area contributed by atoms with Crippen molar-refractivity contribution >= 4 is 32.7 Å². The second kappa shape index (κ2) is 5.27. The molecule has 0 saturated heterocycles. The van der Waals surface area contributed by atoms with E-state index >= 15 is 0 Å². The summed E-state index contributed by atoms with van der Waals surface area (Å²) in [4.78, 5) is 15.7. The molecule has 0 spiro atoms. The number of hydrogen-bond donors (Lipinski definition) is 2. The van der Waals surface area contributed by atoms with E-state index in [0.717, 1.165) is 20.9 Å². The van der Waals surface area contributed by atoms with Crippen molar-refractivity contribution in [2.75, 3.05) is 0 Å². The van der Waals surface area contributed by atoms with E-state index < -0.39 is 5.54 Å². The molecule has 0 aliphatic carbocycles. The van der Waals surface area contributed by atoms with Gasteiger partial charge in [0.25, 0.3) is 0 Å². The van der Waals surface area contributed by atoms with E-state index in [1.54, 1.807) is 20.0 Å². The molecule has 0 unspecified atom stereocenters. The number of fused-ring (bicyclic) bond motifs is 1. The van der Waals surface area contributed by atoms with Crippen LogP contribution in [-0.4, -0.2) is 16.4 Å². The van der Waals surface area contributed by atoms with Gasteiger partial charge >= 0.3 is 0 Å². The Morgan fingerprint density at radius 1 is 1.42 bits per heavy atom. The zero-order valence-corrected chi connectivity index (χ0v) is 12.5. The summed E-state index contributed by atoms with van der Waals surface area (Å²) in [6.45, 7) is 4.07. The molecule has 0 saturated carbocycles. The van der Waals surface area contributed by atoms with Gasteiger partial charge in [-0.25, -0.2) is 0 Å². The average molecular weight is 322 g/mol. The summed E-state index contributed by atoms with van der Waals surface area (Å²) in [6.07, 6.45) is 1.76. The van der Waals surface area contributed by atoms with E-state index in [1.807, 2.05) is 24.3 Å². The van der Waals surface area contributed by atoms with Crippen LogP contribution in [0.3, 0.4) is 0 Å². The van der Waals surface area contributed by atoms with Gasteiger partial charge in [-0.1, -0.05) is 28.1 Å². The van der Waals surface area contributed by atoms with Crippen molar-refractivity contribution in [3.63, 3.8) is 0 Å². The molecule has 0 radical (unpaired) electrons. The Kier molecular flexibility index (Phi) is 3.87. The van der Waals surface area contributed by atoms with E-state index in [2.05, 4.69) is 26.2 Å². The number of nitrogens with two attached hydrogens (primary N) is 1. The number of rotatable bonds is 4. The maximum Gasteiger partial charge on any atom is 0.237 e. The first-order chi connectivity index (χ1) is 8.92. The molecule has 19 heavy (non-hydrogen) atoms. The third-order valence-corrected chi connectivity index (χ3v) is 3.83. The molecular formula is C14H16BrN3O. The largest absolute Gasteiger partial charge is 0.368 e. The van der Waals surface area contributed by atoms with Crippen molar-refractivity contribution in [2.45, 2.75) is 25.9 Å². The van der Waals surface area contributed by atoms with Crippen molar-refractivity contribution in [3.05, 3.63) is 40.5 Å². The number of primary amides is 1. The fourth-order valence-corrected chi connectivity index (χ4v) is 2.19. The van der Waals surface area contributed by atoms with E-state index in [9.17, 15) is 4.79 Å². The van der Waals surface area contributed by atoms with Crippen molar-refractivity contribution in [2.24, 2.45) is 5.73 Å². The highest BCUT2D eigenvalue weighted by Gasteiger charge is 2.24. The highest BCUT2D eigenvalue weighted by atomic mass is 79.9. The molecule has 0 aliphatic rings. The summed E-state index contributed by atoms with van der Waals surface area (Å²) in [5, 5.41) is 4.21. The summed E-state index contributed by atoms with van der Waals surface area (Å²) in [7, 11) is 0. The van der Waals surface area contributed by atoms with Gasteiger partial charge in [0.15, 0.2) is 0 Å². The van der Waals surface area contributed by atoms with Crippen molar-refractivity contribution in [3.8, 4) is 0 Å². The molecule has 0 fully saturated rings. The number of nitrogens with one attached hydrogen (secondary N) is 1. The second-order valence-corrected chi connectivity index (χ2v) is 5.80. The molecule has 3 N–H and O–H groups in total. The Hall–Kier alpha value is -1.46. The zero-order valence-electron chi connectivity index (χ0n) is 10.9. The van der Waals surface area contributed by atoms with E-state index in [4.69, 9.17) is 5.73 Å². The van der Waals surface area contributed by atoms with Crippen molar-refractivity contribution in [1.82, 2.24) is 10.3 Å². The molecule has 4 nitrogen and oxygen atoms in total. The van der Waals surface area contributed by atoms with Crippen LogP contribution >= 0.6 is 15.9 Å². The second-order valence-electron chi connectivity index (χ2n) is 4.95. The number of carbonyl (C=O) groups excluding carboxylic acids is 1. The smallest absolute Gasteiger partial charge is 0.237 e. The van der Waals surface area contributed by atoms with Gasteiger partial charge in [0.05, 0.1) is 11.1 Å². The number of halogens is 1. The molecule has 2 aromatic rings. The number of benzene rings is 1. The van der Waals surface area contributed by atoms with Crippen LogP contribution in [0, 0.1) is 0 Å². The van der Waals surface area contributed by atoms with Gasteiger partial charge in [-0.05, 0) is 31.5 Å². The van der Waals surface area contributed by atoms with Crippen molar-refractivity contribution < 1.29 is 4.79 Å². The first-order valence-electron chi connectivity index (χ1n) is 5.99. The van der Waals surface area contributed by atoms with Gasteiger partial charge in [0.2, 0.25) is 5.91 Å². The summed E-state index contributed by atoms with van der Waals surface area (Å²) >= 11 is 3.51. The molecule has 1 amide bonds. The van der Waals surface area contributed by atoms with Gasteiger partial charge < -0.3 is 5.73 Å². The molecule has 0 bridgehead atoms. The number of amides is 1. The van der Waals surface area contributed by atoms with Crippen LogP contribution in [0.4, 0.5) is 0 Å². The molecule has 0 atom stereocenters. The van der Waals surface area contributed by atoms with Crippen LogP contribution in [0.15, 0.2) is 34.9 Å². The molecule has 100 valence electrons. The standard InChI is InChI=1S/C14H16BrN3O/c1-14(2,13(16)19)18-8-9-5-6-11(15)10-4-3-7-17-12(9)10/h3-7,18H,8H2,1-2H3,(H2,16,19). The lowest BCUT2D eigenvalue weighted by Crippen LogP contribution is -2.50. The molecule has 0 aliphatic heterocycles. The van der Waals surface area contributed by atoms with E-state index in [1.165, 1.54) is 0 Å². The topological polar surface area (TPSA) is 68.0 Å². The van der Waals surface area contributed by atoms with Crippen LogP contribution in [0.1, 0.15) is 19.4 Å². The van der Waals surface area contributed by atoms with E-state index in [0.29, 0.717) is 6.54 Å². The summed E-state index contributed by atoms with van der Waals surface area (Å²) in [5.41, 5.74) is 6.56. The lowest BCUT2D eigenvalue weighted by molar-refractivity contribution is -0.123. The van der Waals surface area contributed by atoms with Gasteiger partial charge in [0, 0.05) is 22.6 Å². The SMILES string of the molecule is CC(C)(NCc1ccc(Br)c2cccnc12)C(N)=O. The first-order valence-corrected chi connectivity index (χ1v) is 6.78. The van der Waals surface area contributed by atoms with Crippen molar-refractivity contribution in [1.29, 1.82) is 0 Å². The Bertz CT molecular complexity index is 625. The Morgan fingerprint density at radius 3 is 2.84 bits per heavy atom. The zero-order chi connectivity index (χ0) is 14.0. The third kappa shape index (κ3) is 2.93. The predicted octanol–water partition coefficient (Wildman–Crippen LogP) is 2.35. The molecule has 1 aromatic heterocycles. The number of hydrogen-bond acceptors (Lipinski definition) is 3. The van der Waals surface area contributed by atoms with Crippen LogP contribution in [0.25, 0.3) is 10.9 Å². The van der Waals surface area contributed by atoms with Gasteiger partial charge in [-0.2, -0.15) is 0 Å². The maximum absolute atomic E-state index is 11.3. The number of carbonyl (C=O) groups is 1. The van der Waals surface area contributed by atoms with Crippen LogP contribution < -0.4 is 11.1 Å². The highest BCUT2D eigenvalue weighted by molar-refractivity contribution is 9.10. The summed E-state index contributed by atoms with van der Waals surface area (Å²) in [5.74, 6) is -0.373. The van der Waals surface area contributed by atoms with E-state index in [-0.39, 0.29) is 5.91 Å². The average Bonchev–Trinajstić information content (AvgIpc) is 2.38. The van der Waals surface area contributed by atoms with Gasteiger partial charge in [-0.15, -0.1) is 0 Å². The van der Waals surface area contributed by atoms with Gasteiger partial charge in [-0.3, -0.25) is 15.1 Å². The predicted molar refractivity (Wildman–Crippen MR) is 79.6 cm³/mol. The van der Waals surface area contributed by atoms with Crippen LogP contribution in [-0.2, 0) is 11.3 Å². The molecule has 5 heteroatoms. The normalized spacial score (nSPS) is 11.7. The lowest BCUT2D eigenvalue weighted by atomic mass is 10.0. The highest BCUT2D eigenvalue weighted by Crippen LogP contribution is 2.25. The Balaban J connectivity index is 2.32. The van der Waals surface area contributed by atoms with Crippen LogP contribution in [0.5, 0.6) is 0 Å². The molecule has 1 aromatic carbocycles. The fraction of sp³-hybridized carbons (Fsp3) is 0.286. The lowest BCUT2D eigenvalue weighted by Gasteiger charge is -2.22. The van der Waals surface area contributed by atoms with Gasteiger partial charge in [0.1, 0.15) is 0 Å². The molecule has 1 heterocycles. The summed E-state index contributed by atoms with van der Waals surface area (Å²) < 4.78 is 1.01. The maximum atomic E-state index is 11.3. The Morgan fingerprint density at radius 2 is 2.16 bits per heavy atom. The quantitative estimate of drug-likeness (QED) is 0.908. The monoisotopic (exact) mass is 321 g/mol. The minimum Gasteiger partial charge on any atom is -0.368 e. The minimum absolute atomic E-state index is 0.373. The molecular weight excluding hydrogens is 306 g/mol.